The summed E-state index contributed by atoms with van der Waals surface area (Å²) in [6.45, 7) is 10.2. The number of rotatable bonds is 7. The topological polar surface area (TPSA) is 103 Å². The van der Waals surface area contributed by atoms with Crippen LogP contribution in [0.3, 0.4) is 0 Å². The maximum atomic E-state index is 5.60. The number of nitrogens with one attached hydrogen (secondary N) is 3. The molecule has 3 fully saturated rings. The van der Waals surface area contributed by atoms with Crippen LogP contribution in [0.1, 0.15) is 37.1 Å². The van der Waals surface area contributed by atoms with Crippen LogP contribution >= 0.6 is 0 Å². The molecule has 37 heavy (non-hydrogen) atoms. The Hall–Kier alpha value is -2.92. The zero-order valence-corrected chi connectivity index (χ0v) is 21.8. The van der Waals surface area contributed by atoms with Crippen molar-refractivity contribution in [2.75, 3.05) is 63.1 Å². The highest BCUT2D eigenvalue weighted by atomic mass is 16.5. The molecule has 6 heterocycles. The van der Waals surface area contributed by atoms with E-state index in [4.69, 9.17) is 14.7 Å². The minimum absolute atomic E-state index is 0.105. The van der Waals surface area contributed by atoms with Gasteiger partial charge in [0.2, 0.25) is 5.95 Å². The molecule has 3 atom stereocenters. The lowest BCUT2D eigenvalue weighted by atomic mass is 9.92. The molecular weight excluding hydrogens is 466 g/mol. The number of hydrogen-bond acceptors (Lipinski definition) is 10. The van der Waals surface area contributed by atoms with Crippen LogP contribution in [-0.4, -0.2) is 83.8 Å². The molecule has 0 bridgehead atoms. The molecule has 3 N–H and O–H groups in total. The van der Waals surface area contributed by atoms with Crippen molar-refractivity contribution in [1.29, 1.82) is 0 Å². The van der Waals surface area contributed by atoms with Gasteiger partial charge in [-0.15, -0.1) is 0 Å². The van der Waals surface area contributed by atoms with Crippen LogP contribution in [0.4, 0.5) is 17.6 Å². The second-order valence-electron chi connectivity index (χ2n) is 10.4. The van der Waals surface area contributed by atoms with Crippen molar-refractivity contribution >= 4 is 28.5 Å². The van der Waals surface area contributed by atoms with Crippen LogP contribution in [-0.2, 0) is 11.3 Å². The molecule has 3 aromatic rings. The van der Waals surface area contributed by atoms with Gasteiger partial charge in [-0.1, -0.05) is 6.07 Å². The van der Waals surface area contributed by atoms with Gasteiger partial charge in [-0.05, 0) is 49.9 Å². The van der Waals surface area contributed by atoms with Crippen molar-refractivity contribution < 1.29 is 4.74 Å². The molecule has 0 aliphatic carbocycles. The lowest BCUT2D eigenvalue weighted by Crippen LogP contribution is -2.47. The van der Waals surface area contributed by atoms with E-state index < -0.39 is 0 Å². The summed E-state index contributed by atoms with van der Waals surface area (Å²) in [5.41, 5.74) is 2.97. The first-order valence-electron chi connectivity index (χ1n) is 13.5. The van der Waals surface area contributed by atoms with Crippen molar-refractivity contribution in [2.24, 2.45) is 5.92 Å². The Morgan fingerprint density at radius 1 is 1.08 bits per heavy atom. The van der Waals surface area contributed by atoms with Gasteiger partial charge in [0.1, 0.15) is 11.3 Å². The van der Waals surface area contributed by atoms with E-state index in [1.165, 1.54) is 18.4 Å². The molecule has 10 heteroatoms. The van der Waals surface area contributed by atoms with Gasteiger partial charge in [0, 0.05) is 76.7 Å². The monoisotopic (exact) mass is 503 g/mol. The normalized spacial score (nSPS) is 23.2. The predicted molar refractivity (Wildman–Crippen MR) is 145 cm³/mol. The van der Waals surface area contributed by atoms with Crippen LogP contribution in [0.25, 0.3) is 10.9 Å². The van der Waals surface area contributed by atoms with Crippen molar-refractivity contribution in [2.45, 2.75) is 38.5 Å². The van der Waals surface area contributed by atoms with Crippen LogP contribution in [0.2, 0.25) is 0 Å². The first kappa shape index (κ1) is 24.4. The quantitative estimate of drug-likeness (QED) is 0.445. The second kappa shape index (κ2) is 10.8. The number of pyridine rings is 2. The van der Waals surface area contributed by atoms with Crippen LogP contribution < -0.4 is 20.9 Å². The summed E-state index contributed by atoms with van der Waals surface area (Å²) >= 11 is 0. The first-order valence-corrected chi connectivity index (χ1v) is 13.5. The summed E-state index contributed by atoms with van der Waals surface area (Å²) in [6, 6.07) is 6.69. The first-order chi connectivity index (χ1) is 18.2. The number of methoxy groups -OCH3 is 1. The Labute approximate surface area is 218 Å². The van der Waals surface area contributed by atoms with Crippen LogP contribution in [0.15, 0.2) is 30.6 Å². The van der Waals surface area contributed by atoms with Crippen molar-refractivity contribution in [3.63, 3.8) is 0 Å². The third-order valence-electron chi connectivity index (χ3n) is 7.99. The number of piperidine rings is 1. The van der Waals surface area contributed by atoms with Gasteiger partial charge in [0.15, 0.2) is 5.82 Å². The van der Waals surface area contributed by atoms with Gasteiger partial charge in [0.05, 0.1) is 11.8 Å². The zero-order chi connectivity index (χ0) is 25.2. The highest BCUT2D eigenvalue weighted by Crippen LogP contribution is 2.33. The molecule has 3 aliphatic heterocycles. The second-order valence-corrected chi connectivity index (χ2v) is 10.4. The molecule has 0 spiro atoms. The lowest BCUT2D eigenvalue weighted by Gasteiger charge is -2.36. The van der Waals surface area contributed by atoms with Crippen LogP contribution in [0.5, 0.6) is 0 Å². The predicted octanol–water partition coefficient (Wildman–Crippen LogP) is 2.46. The minimum Gasteiger partial charge on any atom is -0.375 e. The fourth-order valence-electron chi connectivity index (χ4n) is 5.71. The molecule has 6 rings (SSSR count). The summed E-state index contributed by atoms with van der Waals surface area (Å²) in [5.74, 6) is 2.93. The molecule has 0 saturated carbocycles. The number of fused-ring (bicyclic) bond motifs is 2. The van der Waals surface area contributed by atoms with Gasteiger partial charge in [-0.25, -0.2) is 19.9 Å². The number of ether oxygens (including phenoxy) is 1. The van der Waals surface area contributed by atoms with E-state index in [1.54, 1.807) is 7.11 Å². The molecular formula is C27H37N9O. The van der Waals surface area contributed by atoms with Crippen molar-refractivity contribution in [3.05, 3.63) is 41.9 Å². The molecule has 3 aromatic heterocycles. The summed E-state index contributed by atoms with van der Waals surface area (Å²) in [4.78, 5) is 24.1. The van der Waals surface area contributed by atoms with Crippen molar-refractivity contribution in [1.82, 2.24) is 35.5 Å². The van der Waals surface area contributed by atoms with Gasteiger partial charge >= 0.3 is 0 Å². The average Bonchev–Trinajstić information content (AvgIpc) is 3.42. The largest absolute Gasteiger partial charge is 0.375 e. The molecule has 3 unspecified atom stereocenters. The summed E-state index contributed by atoms with van der Waals surface area (Å²) in [6.07, 6.45) is 6.15. The third-order valence-corrected chi connectivity index (χ3v) is 7.99. The standard InChI is InChI=1S/C27H37N9O/c1-18(37-2)22-13-21-15-31-27(33-24-4-3-19(14-30-24)16-35-11-8-28-9-12-35)34-25(21)26(32-22)36-10-6-20-5-7-29-23(20)17-36/h3-4,13-15,18,20,23,28-29H,5-12,16-17H2,1-2H3,(H,30,31,33,34). The molecule has 10 nitrogen and oxygen atoms in total. The Morgan fingerprint density at radius 3 is 2.78 bits per heavy atom. The lowest BCUT2D eigenvalue weighted by molar-refractivity contribution is 0.116. The van der Waals surface area contributed by atoms with Gasteiger partial charge < -0.3 is 25.6 Å². The Morgan fingerprint density at radius 2 is 1.97 bits per heavy atom. The summed E-state index contributed by atoms with van der Waals surface area (Å²) in [5, 5.41) is 11.3. The SMILES string of the molecule is COC(C)c1cc2cnc(Nc3ccc(CN4CCNCC4)cn3)nc2c(N2CCC3CCNC3C2)n1. The highest BCUT2D eigenvalue weighted by molar-refractivity contribution is 5.89. The average molecular weight is 504 g/mol. The fourth-order valence-corrected chi connectivity index (χ4v) is 5.71. The molecule has 3 aliphatic rings. The van der Waals surface area contributed by atoms with E-state index >= 15 is 0 Å². The highest BCUT2D eigenvalue weighted by Gasteiger charge is 2.34. The van der Waals surface area contributed by atoms with Gasteiger partial charge in [-0.2, -0.15) is 0 Å². The fraction of sp³-hybridized carbons (Fsp3) is 0.556. The smallest absolute Gasteiger partial charge is 0.229 e. The molecule has 0 amide bonds. The maximum absolute atomic E-state index is 5.60. The van der Waals surface area contributed by atoms with Crippen LogP contribution in [0, 0.1) is 5.92 Å². The number of nitrogens with zero attached hydrogens (tertiary/aromatic N) is 6. The Bertz CT molecular complexity index is 1210. The summed E-state index contributed by atoms with van der Waals surface area (Å²) in [7, 11) is 1.72. The zero-order valence-electron chi connectivity index (χ0n) is 21.8. The van der Waals surface area contributed by atoms with E-state index in [0.717, 1.165) is 86.5 Å². The molecule has 0 aromatic carbocycles. The minimum atomic E-state index is -0.105. The maximum Gasteiger partial charge on any atom is 0.229 e. The van der Waals surface area contributed by atoms with Gasteiger partial charge in [0.25, 0.3) is 0 Å². The molecule has 3 saturated heterocycles. The Kier molecular flexibility index (Phi) is 7.14. The molecule has 0 radical (unpaired) electrons. The van der Waals surface area contributed by atoms with E-state index in [0.29, 0.717) is 12.0 Å². The van der Waals surface area contributed by atoms with E-state index in [9.17, 15) is 0 Å². The Balaban J connectivity index is 1.25. The van der Waals surface area contributed by atoms with E-state index in [2.05, 4.69) is 41.8 Å². The van der Waals surface area contributed by atoms with Gasteiger partial charge in [-0.3, -0.25) is 4.90 Å². The third kappa shape index (κ3) is 5.38. The summed E-state index contributed by atoms with van der Waals surface area (Å²) < 4.78 is 5.60. The molecule has 196 valence electrons. The van der Waals surface area contributed by atoms with E-state index in [-0.39, 0.29) is 6.10 Å². The number of aromatic nitrogens is 4. The number of anilines is 3. The number of hydrogen-bond donors (Lipinski definition) is 3. The van der Waals surface area contributed by atoms with Crippen molar-refractivity contribution in [3.8, 4) is 0 Å². The van der Waals surface area contributed by atoms with E-state index in [1.807, 2.05) is 31.5 Å². The number of piperazine rings is 1.